The summed E-state index contributed by atoms with van der Waals surface area (Å²) in [6.07, 6.45) is 0.111. The maximum Gasteiger partial charge on any atom is 0.320 e. The molecule has 2 aliphatic rings. The number of aliphatic carboxylic acids is 1. The topological polar surface area (TPSA) is 81.1 Å². The minimum absolute atomic E-state index is 0.178. The van der Waals surface area contributed by atoms with Crippen LogP contribution in [0, 0.1) is 0 Å². The van der Waals surface area contributed by atoms with E-state index in [0.717, 1.165) is 11.1 Å². The maximum atomic E-state index is 12.5. The summed E-state index contributed by atoms with van der Waals surface area (Å²) in [5, 5.41) is 18.9. The van der Waals surface area contributed by atoms with E-state index in [-0.39, 0.29) is 12.6 Å². The summed E-state index contributed by atoms with van der Waals surface area (Å²) in [6, 6.07) is 7.17. The van der Waals surface area contributed by atoms with E-state index in [1.165, 1.54) is 0 Å². The summed E-state index contributed by atoms with van der Waals surface area (Å²) in [7, 11) is 0. The summed E-state index contributed by atoms with van der Waals surface area (Å²) in [5.74, 6) is -1.60. The first-order valence-corrected chi connectivity index (χ1v) is 7.09. The molecule has 1 aromatic carbocycles. The minimum Gasteiger partial charge on any atom is -0.481 e. The molecule has 0 bridgehead atoms. The number of likely N-dealkylation sites (tertiary alicyclic amines) is 1. The number of rotatable bonds is 1. The number of β-amino-alcohol motifs (C(OH)–C–C–N with tert-alkyl or cyclic N) is 1. The van der Waals surface area contributed by atoms with Crippen LogP contribution in [-0.4, -0.2) is 57.8 Å². The van der Waals surface area contributed by atoms with Gasteiger partial charge in [0.15, 0.2) is 0 Å². The Kier molecular flexibility index (Phi) is 3.55. The molecule has 112 valence electrons. The number of aliphatic hydroxyl groups is 1. The molecule has 1 aromatic rings. The highest BCUT2D eigenvalue weighted by molar-refractivity contribution is 5.81. The number of carbonyl (C=O) groups is 2. The van der Waals surface area contributed by atoms with Gasteiger partial charge in [-0.15, -0.1) is 0 Å². The number of aliphatic hydroxyl groups excluding tert-OH is 1. The first-order chi connectivity index (χ1) is 10.1. The Balaban J connectivity index is 1.83. The fraction of sp³-hybridized carbons (Fsp3) is 0.467. The molecular formula is C15H18N2O4. The van der Waals surface area contributed by atoms with E-state index in [1.54, 1.807) is 9.80 Å². The summed E-state index contributed by atoms with van der Waals surface area (Å²) in [4.78, 5) is 27.1. The molecule has 0 aliphatic carbocycles. The van der Waals surface area contributed by atoms with Gasteiger partial charge in [0.2, 0.25) is 0 Å². The van der Waals surface area contributed by atoms with Crippen molar-refractivity contribution < 1.29 is 19.8 Å². The van der Waals surface area contributed by atoms with Gasteiger partial charge in [0.05, 0.1) is 12.0 Å². The number of urea groups is 1. The third-order valence-electron chi connectivity index (χ3n) is 4.20. The van der Waals surface area contributed by atoms with Crippen LogP contribution in [0.5, 0.6) is 0 Å². The van der Waals surface area contributed by atoms with E-state index < -0.39 is 18.0 Å². The van der Waals surface area contributed by atoms with Crippen molar-refractivity contribution in [1.82, 2.24) is 9.80 Å². The zero-order chi connectivity index (χ0) is 15.0. The van der Waals surface area contributed by atoms with Gasteiger partial charge < -0.3 is 20.0 Å². The highest BCUT2D eigenvalue weighted by atomic mass is 16.4. The zero-order valence-corrected chi connectivity index (χ0v) is 11.6. The molecule has 2 amide bonds. The molecule has 1 fully saturated rings. The Morgan fingerprint density at radius 3 is 2.57 bits per heavy atom. The molecule has 2 aliphatic heterocycles. The van der Waals surface area contributed by atoms with E-state index in [9.17, 15) is 19.8 Å². The Morgan fingerprint density at radius 2 is 1.90 bits per heavy atom. The summed E-state index contributed by atoms with van der Waals surface area (Å²) in [6.45, 7) is 1.45. The highest BCUT2D eigenvalue weighted by Gasteiger charge is 2.35. The van der Waals surface area contributed by atoms with Crippen molar-refractivity contribution in [2.45, 2.75) is 25.0 Å². The van der Waals surface area contributed by atoms with Crippen molar-refractivity contribution >= 4 is 12.0 Å². The molecular weight excluding hydrogens is 272 g/mol. The number of nitrogens with zero attached hydrogens (tertiary/aromatic N) is 2. The molecule has 6 heteroatoms. The number of hydrogen-bond donors (Lipinski definition) is 2. The van der Waals surface area contributed by atoms with Crippen molar-refractivity contribution in [2.24, 2.45) is 0 Å². The van der Waals surface area contributed by atoms with Crippen LogP contribution >= 0.6 is 0 Å². The van der Waals surface area contributed by atoms with Crippen molar-refractivity contribution in [3.05, 3.63) is 35.4 Å². The van der Waals surface area contributed by atoms with Gasteiger partial charge in [-0.05, 0) is 17.5 Å². The second-order valence-electron chi connectivity index (χ2n) is 5.64. The third kappa shape index (κ3) is 2.58. The first-order valence-electron chi connectivity index (χ1n) is 7.09. The van der Waals surface area contributed by atoms with E-state index in [0.29, 0.717) is 26.1 Å². The van der Waals surface area contributed by atoms with E-state index in [1.807, 2.05) is 24.3 Å². The Morgan fingerprint density at radius 1 is 1.14 bits per heavy atom. The van der Waals surface area contributed by atoms with Gasteiger partial charge in [0.25, 0.3) is 0 Å². The molecule has 2 atom stereocenters. The molecule has 0 saturated carbocycles. The van der Waals surface area contributed by atoms with Crippen LogP contribution in [0.2, 0.25) is 0 Å². The van der Waals surface area contributed by atoms with Gasteiger partial charge in [0.1, 0.15) is 0 Å². The average molecular weight is 290 g/mol. The van der Waals surface area contributed by atoms with Crippen LogP contribution < -0.4 is 0 Å². The van der Waals surface area contributed by atoms with E-state index in [2.05, 4.69) is 0 Å². The summed E-state index contributed by atoms with van der Waals surface area (Å²) in [5.41, 5.74) is 1.67. The van der Waals surface area contributed by atoms with Gasteiger partial charge in [-0.2, -0.15) is 0 Å². The van der Waals surface area contributed by atoms with E-state index >= 15 is 0 Å². The van der Waals surface area contributed by atoms with Crippen LogP contribution in [0.3, 0.4) is 0 Å². The van der Waals surface area contributed by atoms with Crippen molar-refractivity contribution in [1.29, 1.82) is 0 Å². The largest absolute Gasteiger partial charge is 0.481 e. The zero-order valence-electron chi connectivity index (χ0n) is 11.6. The van der Waals surface area contributed by atoms with Crippen molar-refractivity contribution in [3.63, 3.8) is 0 Å². The molecule has 0 spiro atoms. The lowest BCUT2D eigenvalue weighted by Gasteiger charge is -2.35. The predicted octanol–water partition coefficient (Wildman–Crippen LogP) is 0.857. The molecule has 2 N–H and O–H groups in total. The lowest BCUT2D eigenvalue weighted by atomic mass is 9.90. The van der Waals surface area contributed by atoms with Crippen LogP contribution in [0.4, 0.5) is 4.79 Å². The second kappa shape index (κ2) is 5.37. The summed E-state index contributed by atoms with van der Waals surface area (Å²) >= 11 is 0. The summed E-state index contributed by atoms with van der Waals surface area (Å²) < 4.78 is 0. The minimum atomic E-state index is -0.915. The molecule has 1 saturated heterocycles. The molecule has 0 aromatic heterocycles. The lowest BCUT2D eigenvalue weighted by molar-refractivity contribution is -0.139. The monoisotopic (exact) mass is 290 g/mol. The SMILES string of the molecule is O=C(O)C1CN(C(=O)N2CCC(O)C2)Cc2ccccc21. The molecule has 2 heterocycles. The third-order valence-corrected chi connectivity index (χ3v) is 4.20. The van der Waals surface area contributed by atoms with Crippen LogP contribution in [0.15, 0.2) is 24.3 Å². The quantitative estimate of drug-likeness (QED) is 0.803. The van der Waals surface area contributed by atoms with Gasteiger partial charge in [-0.1, -0.05) is 24.3 Å². The second-order valence-corrected chi connectivity index (χ2v) is 5.64. The molecule has 6 nitrogen and oxygen atoms in total. The fourth-order valence-electron chi connectivity index (χ4n) is 3.08. The maximum absolute atomic E-state index is 12.5. The Labute approximate surface area is 122 Å². The van der Waals surface area contributed by atoms with Crippen LogP contribution in [0.25, 0.3) is 0 Å². The van der Waals surface area contributed by atoms with Crippen LogP contribution in [-0.2, 0) is 11.3 Å². The number of benzene rings is 1. The average Bonchev–Trinajstić information content (AvgIpc) is 2.91. The number of carboxylic acids is 1. The number of amides is 2. The molecule has 21 heavy (non-hydrogen) atoms. The number of carbonyl (C=O) groups excluding carboxylic acids is 1. The molecule has 0 radical (unpaired) electrons. The van der Waals surface area contributed by atoms with Crippen molar-refractivity contribution in [2.75, 3.05) is 19.6 Å². The van der Waals surface area contributed by atoms with Crippen molar-refractivity contribution in [3.8, 4) is 0 Å². The Hall–Kier alpha value is -2.08. The Bertz CT molecular complexity index is 575. The first kappa shape index (κ1) is 13.9. The molecule has 2 unspecified atom stereocenters. The van der Waals surface area contributed by atoms with Gasteiger partial charge in [-0.3, -0.25) is 4.79 Å². The van der Waals surface area contributed by atoms with Crippen LogP contribution in [0.1, 0.15) is 23.5 Å². The number of fused-ring (bicyclic) bond motifs is 1. The molecule has 3 rings (SSSR count). The van der Waals surface area contributed by atoms with Gasteiger partial charge in [0, 0.05) is 26.2 Å². The normalized spacial score (nSPS) is 24.8. The predicted molar refractivity (Wildman–Crippen MR) is 74.8 cm³/mol. The highest BCUT2D eigenvalue weighted by Crippen LogP contribution is 2.29. The van der Waals surface area contributed by atoms with Gasteiger partial charge in [-0.25, -0.2) is 4.79 Å². The fourth-order valence-corrected chi connectivity index (χ4v) is 3.08. The van der Waals surface area contributed by atoms with Gasteiger partial charge >= 0.3 is 12.0 Å². The number of carboxylic acid groups (broad SMARTS) is 1. The standard InChI is InChI=1S/C15H18N2O4/c18-11-5-6-16(8-11)15(21)17-7-10-3-1-2-4-12(10)13(9-17)14(19)20/h1-4,11,13,18H,5-9H2,(H,19,20). The lowest BCUT2D eigenvalue weighted by Crippen LogP contribution is -2.47. The number of hydrogen-bond acceptors (Lipinski definition) is 3. The van der Waals surface area contributed by atoms with E-state index in [4.69, 9.17) is 0 Å². The smallest absolute Gasteiger partial charge is 0.320 e.